The minimum absolute atomic E-state index is 0.215. The molecule has 108 valence electrons. The van der Waals surface area contributed by atoms with E-state index in [9.17, 15) is 0 Å². The summed E-state index contributed by atoms with van der Waals surface area (Å²) in [5.41, 5.74) is 3.45. The van der Waals surface area contributed by atoms with Crippen LogP contribution in [0.1, 0.15) is 22.9 Å². The van der Waals surface area contributed by atoms with Gasteiger partial charge in [-0.3, -0.25) is 4.68 Å². The van der Waals surface area contributed by atoms with Crippen LogP contribution < -0.4 is 10.1 Å². The number of likely N-dealkylation sites (N-methyl/N-ethyl adjacent to an activating group) is 1. The van der Waals surface area contributed by atoms with Gasteiger partial charge in [0.1, 0.15) is 5.75 Å². The largest absolute Gasteiger partial charge is 0.496 e. The third-order valence-corrected chi connectivity index (χ3v) is 3.94. The summed E-state index contributed by atoms with van der Waals surface area (Å²) in [6.45, 7) is 2.04. The molecule has 0 aliphatic rings. The Morgan fingerprint density at radius 3 is 2.75 bits per heavy atom. The van der Waals surface area contributed by atoms with Gasteiger partial charge in [0.2, 0.25) is 0 Å². The van der Waals surface area contributed by atoms with Crippen LogP contribution in [0.4, 0.5) is 0 Å². The SMILES string of the molecule is CNC(Cc1cc(Br)ccc1OC)c1cn(C)nc1C. The Labute approximate surface area is 128 Å². The number of benzene rings is 1. The molecule has 1 unspecified atom stereocenters. The monoisotopic (exact) mass is 337 g/mol. The first kappa shape index (κ1) is 15.1. The van der Waals surface area contributed by atoms with Crippen LogP contribution >= 0.6 is 15.9 Å². The molecule has 0 saturated carbocycles. The maximum absolute atomic E-state index is 5.45. The second kappa shape index (κ2) is 6.41. The molecule has 0 saturated heterocycles. The van der Waals surface area contributed by atoms with Gasteiger partial charge < -0.3 is 10.1 Å². The third kappa shape index (κ3) is 3.22. The highest BCUT2D eigenvalue weighted by Gasteiger charge is 2.17. The molecule has 0 aliphatic heterocycles. The molecule has 0 bridgehead atoms. The van der Waals surface area contributed by atoms with Gasteiger partial charge in [0.15, 0.2) is 0 Å². The normalized spacial score (nSPS) is 12.4. The quantitative estimate of drug-likeness (QED) is 0.911. The van der Waals surface area contributed by atoms with Gasteiger partial charge in [-0.05, 0) is 44.2 Å². The average molecular weight is 338 g/mol. The van der Waals surface area contributed by atoms with Gasteiger partial charge in [0, 0.05) is 29.3 Å². The van der Waals surface area contributed by atoms with E-state index in [0.29, 0.717) is 0 Å². The lowest BCUT2D eigenvalue weighted by molar-refractivity contribution is 0.406. The van der Waals surface area contributed by atoms with Gasteiger partial charge in [0.25, 0.3) is 0 Å². The summed E-state index contributed by atoms with van der Waals surface area (Å²) in [4.78, 5) is 0. The van der Waals surface area contributed by atoms with E-state index in [1.54, 1.807) is 7.11 Å². The van der Waals surface area contributed by atoms with Crippen molar-refractivity contribution in [1.82, 2.24) is 15.1 Å². The van der Waals surface area contributed by atoms with Crippen molar-refractivity contribution >= 4 is 15.9 Å². The fraction of sp³-hybridized carbons (Fsp3) is 0.400. The summed E-state index contributed by atoms with van der Waals surface area (Å²) in [7, 11) is 5.63. The summed E-state index contributed by atoms with van der Waals surface area (Å²) in [6.07, 6.45) is 2.92. The second-order valence-electron chi connectivity index (χ2n) is 4.85. The summed E-state index contributed by atoms with van der Waals surface area (Å²) < 4.78 is 8.36. The van der Waals surface area contributed by atoms with Crippen LogP contribution in [-0.2, 0) is 13.5 Å². The molecule has 0 fully saturated rings. The van der Waals surface area contributed by atoms with Gasteiger partial charge in [-0.25, -0.2) is 0 Å². The van der Waals surface area contributed by atoms with Crippen molar-refractivity contribution in [2.45, 2.75) is 19.4 Å². The van der Waals surface area contributed by atoms with Crippen molar-refractivity contribution in [3.63, 3.8) is 0 Å². The topological polar surface area (TPSA) is 39.1 Å². The van der Waals surface area contributed by atoms with Crippen molar-refractivity contribution in [3.8, 4) is 5.75 Å². The number of aromatic nitrogens is 2. The van der Waals surface area contributed by atoms with E-state index in [2.05, 4.69) is 38.6 Å². The van der Waals surface area contributed by atoms with Crippen LogP contribution in [0, 0.1) is 6.92 Å². The van der Waals surface area contributed by atoms with Crippen LogP contribution in [0.5, 0.6) is 5.75 Å². The number of nitrogens with zero attached hydrogens (tertiary/aromatic N) is 2. The molecule has 2 aromatic rings. The Hall–Kier alpha value is -1.33. The molecule has 0 amide bonds. The lowest BCUT2D eigenvalue weighted by atomic mass is 9.99. The molecule has 2 rings (SSSR count). The molecule has 1 aromatic carbocycles. The van der Waals surface area contributed by atoms with E-state index in [1.165, 1.54) is 11.1 Å². The number of rotatable bonds is 5. The van der Waals surface area contributed by atoms with Crippen molar-refractivity contribution in [2.75, 3.05) is 14.2 Å². The number of hydrogen-bond donors (Lipinski definition) is 1. The Bertz CT molecular complexity index is 595. The van der Waals surface area contributed by atoms with E-state index in [0.717, 1.165) is 22.3 Å². The number of aryl methyl sites for hydroxylation is 2. The maximum Gasteiger partial charge on any atom is 0.122 e. The van der Waals surface area contributed by atoms with E-state index >= 15 is 0 Å². The molecular weight excluding hydrogens is 318 g/mol. The second-order valence-corrected chi connectivity index (χ2v) is 5.76. The summed E-state index contributed by atoms with van der Waals surface area (Å²) in [5, 5.41) is 7.79. The Morgan fingerprint density at radius 1 is 1.45 bits per heavy atom. The van der Waals surface area contributed by atoms with Crippen LogP contribution in [0.3, 0.4) is 0 Å². The fourth-order valence-corrected chi connectivity index (χ4v) is 2.86. The van der Waals surface area contributed by atoms with E-state index in [4.69, 9.17) is 4.74 Å². The molecule has 20 heavy (non-hydrogen) atoms. The molecule has 0 spiro atoms. The number of hydrogen-bond acceptors (Lipinski definition) is 3. The molecule has 1 N–H and O–H groups in total. The third-order valence-electron chi connectivity index (χ3n) is 3.44. The molecular formula is C15H20BrN3O. The number of ether oxygens (including phenoxy) is 1. The zero-order chi connectivity index (χ0) is 14.7. The lowest BCUT2D eigenvalue weighted by Crippen LogP contribution is -2.19. The molecule has 1 aromatic heterocycles. The first-order chi connectivity index (χ1) is 9.55. The van der Waals surface area contributed by atoms with Gasteiger partial charge in [-0.1, -0.05) is 15.9 Å². The summed E-state index contributed by atoms with van der Waals surface area (Å²) in [6, 6.07) is 6.30. The molecule has 4 nitrogen and oxygen atoms in total. The first-order valence-electron chi connectivity index (χ1n) is 6.55. The van der Waals surface area contributed by atoms with Gasteiger partial charge >= 0.3 is 0 Å². The summed E-state index contributed by atoms with van der Waals surface area (Å²) >= 11 is 3.52. The average Bonchev–Trinajstić information content (AvgIpc) is 2.75. The van der Waals surface area contributed by atoms with Crippen LogP contribution in [0.15, 0.2) is 28.9 Å². The minimum Gasteiger partial charge on any atom is -0.496 e. The maximum atomic E-state index is 5.45. The van der Waals surface area contributed by atoms with Gasteiger partial charge in [-0.2, -0.15) is 5.10 Å². The zero-order valence-electron chi connectivity index (χ0n) is 12.3. The molecule has 1 heterocycles. The van der Waals surface area contributed by atoms with Crippen molar-refractivity contribution in [1.29, 1.82) is 0 Å². The van der Waals surface area contributed by atoms with E-state index in [-0.39, 0.29) is 6.04 Å². The first-order valence-corrected chi connectivity index (χ1v) is 7.34. The molecule has 5 heteroatoms. The molecule has 0 radical (unpaired) electrons. The number of halogens is 1. The standard InChI is InChI=1S/C15H20BrN3O/c1-10-13(9-19(3)18-10)14(17-2)8-11-7-12(16)5-6-15(11)20-4/h5-7,9,14,17H,8H2,1-4H3. The minimum atomic E-state index is 0.215. The van der Waals surface area contributed by atoms with Crippen LogP contribution in [0.2, 0.25) is 0 Å². The highest BCUT2D eigenvalue weighted by atomic mass is 79.9. The Morgan fingerprint density at radius 2 is 2.20 bits per heavy atom. The predicted octanol–water partition coefficient (Wildman–Crippen LogP) is 3.00. The molecule has 0 aliphatic carbocycles. The zero-order valence-corrected chi connectivity index (χ0v) is 13.9. The van der Waals surface area contributed by atoms with Crippen LogP contribution in [-0.4, -0.2) is 23.9 Å². The van der Waals surface area contributed by atoms with E-state index in [1.807, 2.05) is 37.8 Å². The molecule has 1 atom stereocenters. The number of methoxy groups -OCH3 is 1. The van der Waals surface area contributed by atoms with Gasteiger partial charge in [0.05, 0.1) is 12.8 Å². The summed E-state index contributed by atoms with van der Waals surface area (Å²) in [5.74, 6) is 0.912. The Balaban J connectivity index is 2.31. The van der Waals surface area contributed by atoms with Crippen molar-refractivity contribution in [3.05, 3.63) is 45.7 Å². The predicted molar refractivity (Wildman–Crippen MR) is 84.1 cm³/mol. The fourth-order valence-electron chi connectivity index (χ4n) is 2.45. The van der Waals surface area contributed by atoms with Crippen molar-refractivity contribution < 1.29 is 4.74 Å². The smallest absolute Gasteiger partial charge is 0.122 e. The van der Waals surface area contributed by atoms with Gasteiger partial charge in [-0.15, -0.1) is 0 Å². The highest BCUT2D eigenvalue weighted by Crippen LogP contribution is 2.28. The van der Waals surface area contributed by atoms with Crippen LogP contribution in [0.25, 0.3) is 0 Å². The Kier molecular flexibility index (Phi) is 4.83. The van der Waals surface area contributed by atoms with Crippen molar-refractivity contribution in [2.24, 2.45) is 7.05 Å². The van der Waals surface area contributed by atoms with E-state index < -0.39 is 0 Å². The highest BCUT2D eigenvalue weighted by molar-refractivity contribution is 9.10. The lowest BCUT2D eigenvalue weighted by Gasteiger charge is -2.17. The number of nitrogens with one attached hydrogen (secondary N) is 1.